The van der Waals surface area contributed by atoms with Gasteiger partial charge in [-0.15, -0.1) is 0 Å². The first kappa shape index (κ1) is 20.4. The van der Waals surface area contributed by atoms with E-state index in [4.69, 9.17) is 9.84 Å². The Morgan fingerprint density at radius 1 is 1.00 bits per heavy atom. The lowest BCUT2D eigenvalue weighted by Crippen LogP contribution is -2.18. The van der Waals surface area contributed by atoms with Crippen LogP contribution in [0.15, 0.2) is 60.7 Å². The molecule has 0 bridgehead atoms. The summed E-state index contributed by atoms with van der Waals surface area (Å²) in [6, 6.07) is 19.4. The summed E-state index contributed by atoms with van der Waals surface area (Å²) in [6.07, 6.45) is 1.47. The molecule has 3 aromatic carbocycles. The minimum absolute atomic E-state index is 0.0727. The van der Waals surface area contributed by atoms with E-state index < -0.39 is 5.97 Å². The first-order valence-electron chi connectivity index (χ1n) is 9.65. The maximum Gasteiger partial charge on any atom is 0.303 e. The largest absolute Gasteiger partial charge is 0.497 e. The number of anilines is 1. The average molecular weight is 391 g/mol. The molecule has 0 saturated carbocycles. The topological polar surface area (TPSA) is 75.6 Å². The van der Waals surface area contributed by atoms with E-state index >= 15 is 0 Å². The molecule has 1 amide bonds. The number of hydrogen-bond donors (Lipinski definition) is 2. The highest BCUT2D eigenvalue weighted by atomic mass is 16.5. The Balaban J connectivity index is 1.64. The smallest absolute Gasteiger partial charge is 0.303 e. The number of benzene rings is 3. The monoisotopic (exact) mass is 391 g/mol. The second-order valence-electron chi connectivity index (χ2n) is 7.13. The van der Waals surface area contributed by atoms with Crippen LogP contribution in [0.3, 0.4) is 0 Å². The molecule has 5 nitrogen and oxygen atoms in total. The van der Waals surface area contributed by atoms with Crippen molar-refractivity contribution in [1.29, 1.82) is 0 Å². The van der Waals surface area contributed by atoms with E-state index in [9.17, 15) is 9.59 Å². The van der Waals surface area contributed by atoms with Crippen molar-refractivity contribution in [3.05, 3.63) is 71.8 Å². The third kappa shape index (κ3) is 5.35. The number of aryl methyl sites for hydroxylation is 1. The quantitative estimate of drug-likeness (QED) is 0.567. The van der Waals surface area contributed by atoms with E-state index in [0.29, 0.717) is 12.8 Å². The van der Waals surface area contributed by atoms with Crippen molar-refractivity contribution in [2.24, 2.45) is 0 Å². The van der Waals surface area contributed by atoms with Gasteiger partial charge in [-0.25, -0.2) is 0 Å². The molecule has 0 fully saturated rings. The summed E-state index contributed by atoms with van der Waals surface area (Å²) < 4.78 is 5.25. The molecule has 150 valence electrons. The Morgan fingerprint density at radius 2 is 1.69 bits per heavy atom. The minimum atomic E-state index is -0.782. The SMILES string of the molecule is COc1ccc2cc(C(C)C(=O)Nc3ccc(CCCC(=O)O)cc3)ccc2c1. The Hall–Kier alpha value is -3.34. The molecule has 29 heavy (non-hydrogen) atoms. The summed E-state index contributed by atoms with van der Waals surface area (Å²) in [4.78, 5) is 23.3. The zero-order chi connectivity index (χ0) is 20.8. The lowest BCUT2D eigenvalue weighted by molar-refractivity contribution is -0.137. The molecule has 0 heterocycles. The van der Waals surface area contributed by atoms with Crippen molar-refractivity contribution in [3.63, 3.8) is 0 Å². The normalized spacial score (nSPS) is 11.8. The maximum atomic E-state index is 12.7. The predicted molar refractivity (Wildman–Crippen MR) is 115 cm³/mol. The van der Waals surface area contributed by atoms with Gasteiger partial charge in [0.05, 0.1) is 13.0 Å². The Bertz CT molecular complexity index is 1010. The molecule has 2 N–H and O–H groups in total. The number of carbonyl (C=O) groups excluding carboxylic acids is 1. The van der Waals surface area contributed by atoms with E-state index in [1.165, 1.54) is 0 Å². The van der Waals surface area contributed by atoms with E-state index in [0.717, 1.165) is 33.3 Å². The van der Waals surface area contributed by atoms with Gasteiger partial charge in [-0.05, 0) is 65.9 Å². The van der Waals surface area contributed by atoms with Crippen molar-refractivity contribution < 1.29 is 19.4 Å². The van der Waals surface area contributed by atoms with Gasteiger partial charge in [0.15, 0.2) is 0 Å². The number of amides is 1. The van der Waals surface area contributed by atoms with Crippen LogP contribution in [0.5, 0.6) is 5.75 Å². The number of ether oxygens (including phenoxy) is 1. The molecular formula is C24H25NO4. The fourth-order valence-corrected chi connectivity index (χ4v) is 3.24. The number of nitrogens with one attached hydrogen (secondary N) is 1. The maximum absolute atomic E-state index is 12.7. The second kappa shape index (κ2) is 9.24. The van der Waals surface area contributed by atoms with E-state index in [1.807, 2.05) is 67.6 Å². The number of hydrogen-bond acceptors (Lipinski definition) is 3. The fourth-order valence-electron chi connectivity index (χ4n) is 3.24. The van der Waals surface area contributed by atoms with Gasteiger partial charge in [0.2, 0.25) is 5.91 Å². The number of fused-ring (bicyclic) bond motifs is 1. The van der Waals surface area contributed by atoms with Crippen LogP contribution in [0.1, 0.15) is 36.8 Å². The van der Waals surface area contributed by atoms with Gasteiger partial charge in [-0.2, -0.15) is 0 Å². The molecule has 0 aliphatic carbocycles. The van der Waals surface area contributed by atoms with Gasteiger partial charge in [-0.1, -0.05) is 36.4 Å². The van der Waals surface area contributed by atoms with Gasteiger partial charge in [0, 0.05) is 12.1 Å². The molecule has 1 unspecified atom stereocenters. The summed E-state index contributed by atoms with van der Waals surface area (Å²) >= 11 is 0. The summed E-state index contributed by atoms with van der Waals surface area (Å²) in [6.45, 7) is 1.89. The molecule has 5 heteroatoms. The fraction of sp³-hybridized carbons (Fsp3) is 0.250. The third-order valence-corrected chi connectivity index (χ3v) is 5.04. The van der Waals surface area contributed by atoms with Gasteiger partial charge in [0.25, 0.3) is 0 Å². The lowest BCUT2D eigenvalue weighted by atomic mass is 9.97. The van der Waals surface area contributed by atoms with Gasteiger partial charge in [0.1, 0.15) is 5.75 Å². The number of carboxylic acids is 1. The summed E-state index contributed by atoms with van der Waals surface area (Å²) in [5.41, 5.74) is 2.74. The zero-order valence-corrected chi connectivity index (χ0v) is 16.6. The number of rotatable bonds is 8. The van der Waals surface area contributed by atoms with Gasteiger partial charge >= 0.3 is 5.97 Å². The Morgan fingerprint density at radius 3 is 2.38 bits per heavy atom. The summed E-state index contributed by atoms with van der Waals surface area (Å²) in [5.74, 6) is -0.341. The van der Waals surface area contributed by atoms with Crippen LogP contribution in [0.25, 0.3) is 10.8 Å². The van der Waals surface area contributed by atoms with Crippen LogP contribution in [-0.2, 0) is 16.0 Å². The Labute approximate surface area is 170 Å². The molecule has 3 rings (SSSR count). The van der Waals surface area contributed by atoms with Crippen LogP contribution in [0, 0.1) is 0 Å². The first-order valence-corrected chi connectivity index (χ1v) is 9.65. The third-order valence-electron chi connectivity index (χ3n) is 5.04. The number of methoxy groups -OCH3 is 1. The number of carbonyl (C=O) groups is 2. The van der Waals surface area contributed by atoms with E-state index in [-0.39, 0.29) is 18.2 Å². The molecule has 0 aliphatic heterocycles. The van der Waals surface area contributed by atoms with Crippen molar-refractivity contribution in [1.82, 2.24) is 0 Å². The molecule has 0 spiro atoms. The highest BCUT2D eigenvalue weighted by molar-refractivity contribution is 5.96. The van der Waals surface area contributed by atoms with E-state index in [2.05, 4.69) is 5.32 Å². The van der Waals surface area contributed by atoms with Crippen LogP contribution in [0.4, 0.5) is 5.69 Å². The van der Waals surface area contributed by atoms with Gasteiger partial charge < -0.3 is 15.2 Å². The Kier molecular flexibility index (Phi) is 6.50. The van der Waals surface area contributed by atoms with E-state index in [1.54, 1.807) is 7.11 Å². The highest BCUT2D eigenvalue weighted by Gasteiger charge is 2.16. The standard InChI is InChI=1S/C24H25NO4/c1-16(18-8-9-20-15-22(29-2)13-10-19(20)14-18)24(28)25-21-11-6-17(7-12-21)4-3-5-23(26)27/h6-16H,3-5H2,1-2H3,(H,25,28)(H,26,27). The minimum Gasteiger partial charge on any atom is -0.497 e. The molecule has 3 aromatic rings. The molecule has 0 aromatic heterocycles. The number of carboxylic acid groups (broad SMARTS) is 1. The predicted octanol–water partition coefficient (Wildman–Crippen LogP) is 5.00. The van der Waals surface area contributed by atoms with Crippen LogP contribution >= 0.6 is 0 Å². The zero-order valence-electron chi connectivity index (χ0n) is 16.6. The first-order chi connectivity index (χ1) is 14.0. The second-order valence-corrected chi connectivity index (χ2v) is 7.13. The summed E-state index contributed by atoms with van der Waals surface area (Å²) in [7, 11) is 1.64. The summed E-state index contributed by atoms with van der Waals surface area (Å²) in [5, 5.41) is 13.8. The number of aliphatic carboxylic acids is 1. The van der Waals surface area contributed by atoms with Crippen LogP contribution < -0.4 is 10.1 Å². The van der Waals surface area contributed by atoms with Crippen LogP contribution in [0.2, 0.25) is 0 Å². The van der Waals surface area contributed by atoms with Crippen molar-refractivity contribution >= 4 is 28.3 Å². The van der Waals surface area contributed by atoms with Crippen LogP contribution in [-0.4, -0.2) is 24.1 Å². The molecule has 1 atom stereocenters. The average Bonchev–Trinajstić information content (AvgIpc) is 2.73. The molecule has 0 saturated heterocycles. The molecular weight excluding hydrogens is 366 g/mol. The molecule has 0 radical (unpaired) electrons. The van der Waals surface area contributed by atoms with Crippen molar-refractivity contribution in [2.75, 3.05) is 12.4 Å². The molecule has 0 aliphatic rings. The van der Waals surface area contributed by atoms with Crippen molar-refractivity contribution in [2.45, 2.75) is 32.1 Å². The van der Waals surface area contributed by atoms with Gasteiger partial charge in [-0.3, -0.25) is 9.59 Å². The van der Waals surface area contributed by atoms with Crippen molar-refractivity contribution in [3.8, 4) is 5.75 Å². The lowest BCUT2D eigenvalue weighted by Gasteiger charge is -2.14. The highest BCUT2D eigenvalue weighted by Crippen LogP contribution is 2.26.